The van der Waals surface area contributed by atoms with Crippen molar-refractivity contribution in [2.75, 3.05) is 20.3 Å². The summed E-state index contributed by atoms with van der Waals surface area (Å²) < 4.78 is 26.0. The zero-order valence-corrected chi connectivity index (χ0v) is 29.4. The van der Waals surface area contributed by atoms with E-state index in [2.05, 4.69) is 43.5 Å². The lowest BCUT2D eigenvalue weighted by atomic mass is 9.97. The number of hydrogen-bond donors (Lipinski definition) is 0. The van der Waals surface area contributed by atoms with Gasteiger partial charge in [0.05, 0.1) is 49.4 Å². The van der Waals surface area contributed by atoms with Gasteiger partial charge in [-0.3, -0.25) is 19.5 Å². The number of benzene rings is 3. The number of hydrogen-bond acceptors (Lipinski definition) is 10. The quantitative estimate of drug-likeness (QED) is 0.0820. The number of methoxy groups -OCH3 is 1. The lowest BCUT2D eigenvalue weighted by molar-refractivity contribution is -0.384. The summed E-state index contributed by atoms with van der Waals surface area (Å²) in [6.45, 7) is 4.80. The molecule has 5 rings (SSSR count). The van der Waals surface area contributed by atoms with Crippen molar-refractivity contribution in [3.8, 4) is 17.2 Å². The Morgan fingerprint density at radius 2 is 1.80 bits per heavy atom. The second-order valence-electron chi connectivity index (χ2n) is 9.77. The number of rotatable bonds is 11. The molecule has 1 atom stereocenters. The van der Waals surface area contributed by atoms with E-state index in [4.69, 9.17) is 18.9 Å². The van der Waals surface area contributed by atoms with Gasteiger partial charge in [-0.15, -0.1) is 0 Å². The Morgan fingerprint density at radius 3 is 2.46 bits per heavy atom. The molecule has 238 valence electrons. The van der Waals surface area contributed by atoms with E-state index in [0.717, 1.165) is 14.7 Å². The van der Waals surface area contributed by atoms with Crippen molar-refractivity contribution in [3.05, 3.63) is 121 Å². The second-order valence-corrected chi connectivity index (χ2v) is 12.8. The first kappa shape index (κ1) is 33.3. The van der Waals surface area contributed by atoms with Crippen molar-refractivity contribution < 1.29 is 28.7 Å². The fourth-order valence-electron chi connectivity index (χ4n) is 4.81. The summed E-state index contributed by atoms with van der Waals surface area (Å²) in [6.07, 6.45) is 3.21. The standard InChI is InChI=1S/C32H27BrIN3O8S/c1-4-43-25-11-8-20(15-26(25)44-5-2)28-22(31(39)42-3)16-35-32-36(28)30(38)27(46-32)14-19-12-23(33)29(24(34)13-19)45-17-18-6-9-21(10-7-18)37(40)41/h6-16,28H,4-5,17H2,1-3H3/b27-14-/t28-/m0/s1. The van der Waals surface area contributed by atoms with Gasteiger partial charge in [-0.05, 0) is 112 Å². The van der Waals surface area contributed by atoms with E-state index >= 15 is 0 Å². The van der Waals surface area contributed by atoms with Crippen molar-refractivity contribution in [2.24, 2.45) is 4.99 Å². The Labute approximate surface area is 289 Å². The number of nitro groups is 1. The van der Waals surface area contributed by atoms with E-state index < -0.39 is 16.9 Å². The maximum atomic E-state index is 14.0. The first-order valence-electron chi connectivity index (χ1n) is 14.0. The highest BCUT2D eigenvalue weighted by molar-refractivity contribution is 14.1. The lowest BCUT2D eigenvalue weighted by Gasteiger charge is -2.23. The van der Waals surface area contributed by atoms with Gasteiger partial charge in [-0.2, -0.15) is 0 Å². The third-order valence-corrected chi connectivity index (χ3v) is 9.24. The molecule has 1 aliphatic heterocycles. The number of aromatic nitrogens is 1. The Hall–Kier alpha value is -4.02. The van der Waals surface area contributed by atoms with E-state index in [-0.39, 0.29) is 23.4 Å². The van der Waals surface area contributed by atoms with Gasteiger partial charge in [0.1, 0.15) is 12.4 Å². The molecular weight excluding hydrogens is 793 g/mol. The van der Waals surface area contributed by atoms with Crippen LogP contribution in [0, 0.1) is 13.7 Å². The molecule has 0 bridgehead atoms. The summed E-state index contributed by atoms with van der Waals surface area (Å²) in [5.41, 5.74) is 2.06. The Balaban J connectivity index is 1.51. The van der Waals surface area contributed by atoms with Crippen molar-refractivity contribution in [3.63, 3.8) is 0 Å². The van der Waals surface area contributed by atoms with Crippen molar-refractivity contribution in [1.82, 2.24) is 4.57 Å². The highest BCUT2D eigenvalue weighted by Crippen LogP contribution is 2.36. The van der Waals surface area contributed by atoms with Crippen LogP contribution in [0.3, 0.4) is 0 Å². The number of nitro benzene ring substituents is 1. The Kier molecular flexibility index (Phi) is 10.6. The average molecular weight is 820 g/mol. The molecule has 1 aliphatic rings. The van der Waals surface area contributed by atoms with Gasteiger partial charge in [0.2, 0.25) is 0 Å². The zero-order valence-electron chi connectivity index (χ0n) is 24.8. The number of non-ortho nitro benzene ring substituents is 1. The van der Waals surface area contributed by atoms with Gasteiger partial charge in [-0.1, -0.05) is 17.4 Å². The number of carbonyl (C=O) groups excluding carboxylic acids is 1. The number of fused-ring (bicyclic) bond motifs is 1. The van der Waals surface area contributed by atoms with Crippen LogP contribution in [0.1, 0.15) is 36.6 Å². The van der Waals surface area contributed by atoms with Crippen LogP contribution in [0.4, 0.5) is 5.69 Å². The minimum Gasteiger partial charge on any atom is -0.490 e. The van der Waals surface area contributed by atoms with Gasteiger partial charge < -0.3 is 18.9 Å². The third kappa shape index (κ3) is 7.03. The van der Waals surface area contributed by atoms with E-state index in [0.29, 0.717) is 49.8 Å². The van der Waals surface area contributed by atoms with E-state index in [9.17, 15) is 19.7 Å². The van der Waals surface area contributed by atoms with Crippen LogP contribution in [0.25, 0.3) is 6.08 Å². The van der Waals surface area contributed by atoms with Crippen molar-refractivity contribution >= 4 is 67.6 Å². The largest absolute Gasteiger partial charge is 0.490 e. The van der Waals surface area contributed by atoms with Crippen LogP contribution < -0.4 is 29.1 Å². The number of carbonyl (C=O) groups is 1. The molecule has 0 amide bonds. The molecule has 0 fully saturated rings. The smallest absolute Gasteiger partial charge is 0.337 e. The first-order chi connectivity index (χ1) is 22.1. The molecule has 11 nitrogen and oxygen atoms in total. The number of ether oxygens (including phenoxy) is 4. The number of esters is 1. The molecule has 0 aliphatic carbocycles. The van der Waals surface area contributed by atoms with Crippen LogP contribution in [0.5, 0.6) is 17.2 Å². The summed E-state index contributed by atoms with van der Waals surface area (Å²) in [7, 11) is 1.29. The third-order valence-electron chi connectivity index (χ3n) is 6.86. The molecule has 14 heteroatoms. The topological polar surface area (TPSA) is 131 Å². The van der Waals surface area contributed by atoms with Crippen LogP contribution in [-0.2, 0) is 16.1 Å². The summed E-state index contributed by atoms with van der Waals surface area (Å²) in [6, 6.07) is 14.4. The molecule has 46 heavy (non-hydrogen) atoms. The predicted molar refractivity (Wildman–Crippen MR) is 184 cm³/mol. The monoisotopic (exact) mass is 819 g/mol. The molecular formula is C32H27BrIN3O8S. The predicted octanol–water partition coefficient (Wildman–Crippen LogP) is 5.67. The van der Waals surface area contributed by atoms with E-state index in [1.165, 1.54) is 41.3 Å². The summed E-state index contributed by atoms with van der Waals surface area (Å²) >= 11 is 6.94. The van der Waals surface area contributed by atoms with Gasteiger partial charge in [0.15, 0.2) is 16.3 Å². The van der Waals surface area contributed by atoms with E-state index in [1.807, 2.05) is 26.0 Å². The average Bonchev–Trinajstić information content (AvgIpc) is 3.35. The maximum Gasteiger partial charge on any atom is 0.337 e. The van der Waals surface area contributed by atoms with Crippen LogP contribution in [0.15, 0.2) is 80.6 Å². The van der Waals surface area contributed by atoms with Crippen LogP contribution >= 0.6 is 49.9 Å². The Bertz CT molecular complexity index is 2000. The lowest BCUT2D eigenvalue weighted by Crippen LogP contribution is -2.39. The molecule has 0 radical (unpaired) electrons. The zero-order chi connectivity index (χ0) is 33.0. The summed E-state index contributed by atoms with van der Waals surface area (Å²) in [4.78, 5) is 42.2. The fraction of sp³-hybridized carbons (Fsp3) is 0.219. The molecule has 2 heterocycles. The molecule has 0 saturated carbocycles. The number of halogens is 2. The molecule has 0 N–H and O–H groups in total. The first-order valence-corrected chi connectivity index (χ1v) is 16.7. The highest BCUT2D eigenvalue weighted by atomic mass is 127. The summed E-state index contributed by atoms with van der Waals surface area (Å²) in [5, 5.41) is 10.9. The molecule has 1 aromatic heterocycles. The van der Waals surface area contributed by atoms with Gasteiger partial charge in [-0.25, -0.2) is 9.79 Å². The minimum atomic E-state index is -0.803. The number of thiazole rings is 1. The van der Waals surface area contributed by atoms with Crippen molar-refractivity contribution in [2.45, 2.75) is 26.5 Å². The van der Waals surface area contributed by atoms with Gasteiger partial charge in [0.25, 0.3) is 11.2 Å². The maximum absolute atomic E-state index is 14.0. The molecule has 0 spiro atoms. The summed E-state index contributed by atoms with van der Waals surface area (Å²) in [5.74, 6) is 1.06. The highest BCUT2D eigenvalue weighted by Gasteiger charge is 2.31. The van der Waals surface area contributed by atoms with Crippen LogP contribution in [0.2, 0.25) is 0 Å². The second kappa shape index (κ2) is 14.6. The van der Waals surface area contributed by atoms with Gasteiger partial charge >= 0.3 is 5.97 Å². The normalized spacial score (nSPS) is 14.2. The minimum absolute atomic E-state index is 0.0109. The molecule has 3 aromatic carbocycles. The SMILES string of the molecule is CCOc1ccc([C@H]2C(C(=O)OC)=CN=c3s/c(=C\c4cc(Br)c(OCc5ccc([N+](=O)[O-])cc5)c(I)c4)c(=O)n32)cc1OCC. The molecule has 0 saturated heterocycles. The molecule has 4 aromatic rings. The van der Waals surface area contributed by atoms with E-state index in [1.54, 1.807) is 36.4 Å². The van der Waals surface area contributed by atoms with Gasteiger partial charge in [0, 0.05) is 18.3 Å². The Morgan fingerprint density at radius 1 is 1.09 bits per heavy atom. The number of nitrogens with zero attached hydrogens (tertiary/aromatic N) is 3. The molecule has 0 unspecified atom stereocenters. The van der Waals surface area contributed by atoms with Crippen LogP contribution in [-0.4, -0.2) is 35.8 Å². The van der Waals surface area contributed by atoms with Crippen molar-refractivity contribution in [1.29, 1.82) is 0 Å². The fourth-order valence-corrected chi connectivity index (χ4v) is 7.55.